The second kappa shape index (κ2) is 10.5. The van der Waals surface area contributed by atoms with Gasteiger partial charge in [0.25, 0.3) is 0 Å². The van der Waals surface area contributed by atoms with Crippen LogP contribution in [0.15, 0.2) is 54.6 Å². The lowest BCUT2D eigenvalue weighted by Gasteiger charge is -2.22. The summed E-state index contributed by atoms with van der Waals surface area (Å²) in [7, 11) is 0. The van der Waals surface area contributed by atoms with E-state index in [0.29, 0.717) is 6.54 Å². The van der Waals surface area contributed by atoms with Crippen LogP contribution in [0.2, 0.25) is 0 Å². The van der Waals surface area contributed by atoms with Gasteiger partial charge >= 0.3 is 0 Å². The van der Waals surface area contributed by atoms with Crippen molar-refractivity contribution < 1.29 is 14.3 Å². The van der Waals surface area contributed by atoms with Crippen molar-refractivity contribution in [2.45, 2.75) is 52.8 Å². The van der Waals surface area contributed by atoms with Gasteiger partial charge in [-0.1, -0.05) is 56.3 Å². The number of hydrogen-bond donors (Lipinski definition) is 2. The Bertz CT molecular complexity index is 755. The summed E-state index contributed by atoms with van der Waals surface area (Å²) in [6, 6.07) is 16.6. The van der Waals surface area contributed by atoms with Crippen LogP contribution in [0.25, 0.3) is 0 Å². The SMILES string of the molecule is CC(C)Oc1ccc(CNC(=O)C(NC(=O)Cc2ccccc2)C(C)C)cc1. The lowest BCUT2D eigenvalue weighted by Crippen LogP contribution is -2.49. The van der Waals surface area contributed by atoms with Crippen LogP contribution in [0.5, 0.6) is 5.75 Å². The molecule has 2 N–H and O–H groups in total. The van der Waals surface area contributed by atoms with E-state index in [-0.39, 0.29) is 30.3 Å². The van der Waals surface area contributed by atoms with E-state index >= 15 is 0 Å². The van der Waals surface area contributed by atoms with E-state index in [4.69, 9.17) is 4.74 Å². The highest BCUT2D eigenvalue weighted by Gasteiger charge is 2.23. The van der Waals surface area contributed by atoms with Gasteiger partial charge in [0, 0.05) is 6.54 Å². The minimum absolute atomic E-state index is 0.0125. The van der Waals surface area contributed by atoms with Gasteiger partial charge in [-0.25, -0.2) is 0 Å². The maximum atomic E-state index is 12.6. The minimum atomic E-state index is -0.570. The first-order valence-corrected chi connectivity index (χ1v) is 9.71. The Morgan fingerprint density at radius 3 is 2.11 bits per heavy atom. The molecule has 0 saturated carbocycles. The molecule has 150 valence electrons. The monoisotopic (exact) mass is 382 g/mol. The topological polar surface area (TPSA) is 67.4 Å². The van der Waals surface area contributed by atoms with Crippen molar-refractivity contribution in [2.24, 2.45) is 5.92 Å². The highest BCUT2D eigenvalue weighted by Crippen LogP contribution is 2.14. The number of ether oxygens (including phenoxy) is 1. The van der Waals surface area contributed by atoms with Gasteiger partial charge in [-0.2, -0.15) is 0 Å². The third-order valence-corrected chi connectivity index (χ3v) is 4.24. The van der Waals surface area contributed by atoms with Gasteiger partial charge in [-0.05, 0) is 43.0 Å². The van der Waals surface area contributed by atoms with Crippen molar-refractivity contribution in [3.05, 3.63) is 65.7 Å². The average molecular weight is 383 g/mol. The van der Waals surface area contributed by atoms with E-state index in [0.717, 1.165) is 16.9 Å². The molecule has 2 aromatic rings. The maximum absolute atomic E-state index is 12.6. The molecule has 0 aliphatic heterocycles. The summed E-state index contributed by atoms with van der Waals surface area (Å²) >= 11 is 0. The predicted octanol–water partition coefficient (Wildman–Crippen LogP) is 3.47. The molecule has 2 aromatic carbocycles. The Hall–Kier alpha value is -2.82. The number of carbonyl (C=O) groups is 2. The summed E-state index contributed by atoms with van der Waals surface area (Å²) < 4.78 is 5.62. The van der Waals surface area contributed by atoms with Crippen LogP contribution >= 0.6 is 0 Å². The highest BCUT2D eigenvalue weighted by atomic mass is 16.5. The molecule has 0 aromatic heterocycles. The number of rotatable bonds is 9. The standard InChI is InChI=1S/C23H30N2O3/c1-16(2)22(25-21(26)14-18-8-6-5-7-9-18)23(27)24-15-19-10-12-20(13-11-19)28-17(3)4/h5-13,16-17,22H,14-15H2,1-4H3,(H,24,27)(H,25,26). The van der Waals surface area contributed by atoms with Gasteiger partial charge in [-0.15, -0.1) is 0 Å². The number of amides is 2. The third kappa shape index (κ3) is 7.06. The molecule has 0 saturated heterocycles. The Morgan fingerprint density at radius 2 is 1.54 bits per heavy atom. The molecule has 5 nitrogen and oxygen atoms in total. The molecule has 1 unspecified atom stereocenters. The molecule has 0 radical (unpaired) electrons. The molecule has 0 heterocycles. The molecule has 0 fully saturated rings. The summed E-state index contributed by atoms with van der Waals surface area (Å²) in [4.78, 5) is 24.9. The first-order valence-electron chi connectivity index (χ1n) is 9.71. The van der Waals surface area contributed by atoms with Crippen molar-refractivity contribution in [2.75, 3.05) is 0 Å². The Labute approximate surface area is 167 Å². The average Bonchev–Trinajstić information content (AvgIpc) is 2.65. The lowest BCUT2D eigenvalue weighted by molar-refractivity contribution is -0.129. The Kier molecular flexibility index (Phi) is 8.05. The molecular weight excluding hydrogens is 352 g/mol. The molecule has 0 spiro atoms. The molecule has 5 heteroatoms. The Balaban J connectivity index is 1.89. The van der Waals surface area contributed by atoms with Crippen LogP contribution in [-0.2, 0) is 22.6 Å². The number of hydrogen-bond acceptors (Lipinski definition) is 3. The molecule has 0 aliphatic rings. The van der Waals surface area contributed by atoms with E-state index in [1.54, 1.807) is 0 Å². The lowest BCUT2D eigenvalue weighted by atomic mass is 10.0. The van der Waals surface area contributed by atoms with Crippen molar-refractivity contribution in [3.63, 3.8) is 0 Å². The van der Waals surface area contributed by atoms with E-state index in [9.17, 15) is 9.59 Å². The van der Waals surface area contributed by atoms with E-state index in [1.807, 2.05) is 82.3 Å². The van der Waals surface area contributed by atoms with Crippen LogP contribution in [0.4, 0.5) is 0 Å². The van der Waals surface area contributed by atoms with Gasteiger partial charge in [0.2, 0.25) is 11.8 Å². The first kappa shape index (κ1) is 21.5. The molecule has 2 rings (SSSR count). The van der Waals surface area contributed by atoms with Crippen molar-refractivity contribution in [3.8, 4) is 5.75 Å². The molecule has 2 amide bonds. The fourth-order valence-electron chi connectivity index (χ4n) is 2.80. The summed E-state index contributed by atoms with van der Waals surface area (Å²) in [5.41, 5.74) is 1.90. The van der Waals surface area contributed by atoms with Gasteiger partial charge in [-0.3, -0.25) is 9.59 Å². The van der Waals surface area contributed by atoms with Crippen molar-refractivity contribution in [1.82, 2.24) is 10.6 Å². The first-order chi connectivity index (χ1) is 13.3. The van der Waals surface area contributed by atoms with E-state index < -0.39 is 6.04 Å². The van der Waals surface area contributed by atoms with Gasteiger partial charge in [0.1, 0.15) is 11.8 Å². The van der Waals surface area contributed by atoms with Gasteiger partial charge in [0.05, 0.1) is 12.5 Å². The largest absolute Gasteiger partial charge is 0.491 e. The van der Waals surface area contributed by atoms with Crippen LogP contribution in [0.3, 0.4) is 0 Å². The number of carbonyl (C=O) groups excluding carboxylic acids is 2. The van der Waals surface area contributed by atoms with Gasteiger partial charge in [0.15, 0.2) is 0 Å². The quantitative estimate of drug-likeness (QED) is 0.698. The summed E-state index contributed by atoms with van der Waals surface area (Å²) in [5.74, 6) is 0.453. The molecular formula is C23H30N2O3. The van der Waals surface area contributed by atoms with Crippen LogP contribution in [0.1, 0.15) is 38.8 Å². The van der Waals surface area contributed by atoms with Crippen LogP contribution in [0, 0.1) is 5.92 Å². The number of nitrogens with one attached hydrogen (secondary N) is 2. The second-order valence-corrected chi connectivity index (χ2v) is 7.48. The smallest absolute Gasteiger partial charge is 0.243 e. The highest BCUT2D eigenvalue weighted by molar-refractivity contribution is 5.88. The normalized spacial score (nSPS) is 11.9. The van der Waals surface area contributed by atoms with E-state index in [2.05, 4.69) is 10.6 Å². The fourth-order valence-corrected chi connectivity index (χ4v) is 2.80. The molecule has 1 atom stereocenters. The number of benzene rings is 2. The zero-order chi connectivity index (χ0) is 20.5. The van der Waals surface area contributed by atoms with Crippen molar-refractivity contribution in [1.29, 1.82) is 0 Å². The molecule has 0 aliphatic carbocycles. The zero-order valence-corrected chi connectivity index (χ0v) is 17.1. The Morgan fingerprint density at radius 1 is 0.893 bits per heavy atom. The molecule has 28 heavy (non-hydrogen) atoms. The zero-order valence-electron chi connectivity index (χ0n) is 17.1. The summed E-state index contributed by atoms with van der Waals surface area (Å²) in [6.45, 7) is 8.20. The predicted molar refractivity (Wildman–Crippen MR) is 111 cm³/mol. The van der Waals surface area contributed by atoms with Crippen LogP contribution < -0.4 is 15.4 Å². The fraction of sp³-hybridized carbons (Fsp3) is 0.391. The molecule has 0 bridgehead atoms. The maximum Gasteiger partial charge on any atom is 0.243 e. The summed E-state index contributed by atoms with van der Waals surface area (Å²) in [5, 5.41) is 5.78. The van der Waals surface area contributed by atoms with Gasteiger partial charge < -0.3 is 15.4 Å². The minimum Gasteiger partial charge on any atom is -0.491 e. The van der Waals surface area contributed by atoms with Crippen molar-refractivity contribution >= 4 is 11.8 Å². The van der Waals surface area contributed by atoms with Crippen LogP contribution in [-0.4, -0.2) is 24.0 Å². The van der Waals surface area contributed by atoms with E-state index in [1.165, 1.54) is 0 Å². The third-order valence-electron chi connectivity index (χ3n) is 4.24. The summed E-state index contributed by atoms with van der Waals surface area (Å²) in [6.07, 6.45) is 0.381. The second-order valence-electron chi connectivity index (χ2n) is 7.48.